The maximum Gasteiger partial charge on any atom is 0.376 e. The van der Waals surface area contributed by atoms with E-state index < -0.39 is 41.6 Å². The number of ether oxygens (including phenoxy) is 2. The Morgan fingerprint density at radius 3 is 1.89 bits per heavy atom. The van der Waals surface area contributed by atoms with Crippen LogP contribution in [0.2, 0.25) is 0 Å². The van der Waals surface area contributed by atoms with E-state index in [1.807, 2.05) is 60.7 Å². The zero-order chi connectivity index (χ0) is 26.7. The number of benzene rings is 3. The van der Waals surface area contributed by atoms with Crippen LogP contribution in [0.25, 0.3) is 11.1 Å². The molecule has 194 valence electrons. The molecule has 38 heavy (non-hydrogen) atoms. The SMILES string of the molecule is CC(=O)N[C@H]1CON(C2(C(=O)OC(c3ccccc3)c3ccccc3)CCC(=O)O2)C1=O.c1cc2ccc1-2. The fourth-order valence-corrected chi connectivity index (χ4v) is 4.43. The molecule has 1 N–H and O–H groups in total. The predicted octanol–water partition coefficient (Wildman–Crippen LogP) is 3.30. The normalized spacial score (nSPS) is 20.9. The number of fused-ring (bicyclic) bond motifs is 1. The molecule has 0 aromatic heterocycles. The summed E-state index contributed by atoms with van der Waals surface area (Å²) in [5.41, 5.74) is 2.20. The highest BCUT2D eigenvalue weighted by Gasteiger charge is 2.60. The smallest absolute Gasteiger partial charge is 0.376 e. The number of carbonyl (C=O) groups excluding carboxylic acids is 4. The van der Waals surface area contributed by atoms with Gasteiger partial charge in [0.2, 0.25) is 5.91 Å². The van der Waals surface area contributed by atoms with Gasteiger partial charge in [0.25, 0.3) is 5.91 Å². The lowest BCUT2D eigenvalue weighted by molar-refractivity contribution is -0.260. The van der Waals surface area contributed by atoms with E-state index >= 15 is 0 Å². The Morgan fingerprint density at radius 2 is 1.47 bits per heavy atom. The van der Waals surface area contributed by atoms with E-state index in [2.05, 4.69) is 29.6 Å². The highest BCUT2D eigenvalue weighted by atomic mass is 16.8. The van der Waals surface area contributed by atoms with Gasteiger partial charge in [0.1, 0.15) is 12.6 Å². The molecule has 2 heterocycles. The monoisotopic (exact) mass is 514 g/mol. The quantitative estimate of drug-likeness (QED) is 0.393. The summed E-state index contributed by atoms with van der Waals surface area (Å²) in [7, 11) is 0. The molecule has 0 saturated carbocycles. The molecule has 0 radical (unpaired) electrons. The Labute approximate surface area is 219 Å². The molecule has 2 aliphatic heterocycles. The van der Waals surface area contributed by atoms with Crippen molar-refractivity contribution < 1.29 is 33.5 Å². The molecule has 2 saturated heterocycles. The second kappa shape index (κ2) is 10.5. The molecule has 6 rings (SSSR count). The van der Waals surface area contributed by atoms with Gasteiger partial charge in [-0.05, 0) is 22.3 Å². The van der Waals surface area contributed by atoms with Crippen molar-refractivity contribution in [1.29, 1.82) is 0 Å². The van der Waals surface area contributed by atoms with E-state index in [-0.39, 0.29) is 19.4 Å². The predicted molar refractivity (Wildman–Crippen MR) is 135 cm³/mol. The van der Waals surface area contributed by atoms with Crippen molar-refractivity contribution in [2.75, 3.05) is 6.61 Å². The van der Waals surface area contributed by atoms with Gasteiger partial charge in [-0.1, -0.05) is 84.9 Å². The van der Waals surface area contributed by atoms with Crippen molar-refractivity contribution in [3.05, 3.63) is 96.1 Å². The van der Waals surface area contributed by atoms with Crippen LogP contribution in [0.3, 0.4) is 0 Å². The fourth-order valence-electron chi connectivity index (χ4n) is 4.43. The summed E-state index contributed by atoms with van der Waals surface area (Å²) in [5, 5.41) is 3.19. The lowest BCUT2D eigenvalue weighted by atomic mass is 9.95. The molecule has 9 heteroatoms. The van der Waals surface area contributed by atoms with E-state index in [1.54, 1.807) is 0 Å². The van der Waals surface area contributed by atoms with Crippen LogP contribution in [0.1, 0.15) is 37.0 Å². The van der Waals surface area contributed by atoms with Gasteiger partial charge in [0.05, 0.1) is 6.42 Å². The molecular formula is C29H26N2O7. The van der Waals surface area contributed by atoms with E-state index in [4.69, 9.17) is 14.3 Å². The Hall–Kier alpha value is -4.50. The summed E-state index contributed by atoms with van der Waals surface area (Å²) in [6.45, 7) is 1.08. The minimum absolute atomic E-state index is 0.0889. The minimum Gasteiger partial charge on any atom is -0.448 e. The second-order valence-corrected chi connectivity index (χ2v) is 9.12. The molecule has 0 spiro atoms. The van der Waals surface area contributed by atoms with Crippen molar-refractivity contribution in [2.45, 2.75) is 37.6 Å². The summed E-state index contributed by atoms with van der Waals surface area (Å²) in [6.07, 6.45) is -1.02. The average Bonchev–Trinajstić information content (AvgIpc) is 3.48. The molecule has 9 nitrogen and oxygen atoms in total. The van der Waals surface area contributed by atoms with Gasteiger partial charge < -0.3 is 14.8 Å². The maximum atomic E-state index is 13.5. The van der Waals surface area contributed by atoms with Crippen LogP contribution in [0, 0.1) is 0 Å². The fraction of sp³-hybridized carbons (Fsp3) is 0.241. The third kappa shape index (κ3) is 4.88. The Kier molecular flexibility index (Phi) is 6.93. The topological polar surface area (TPSA) is 111 Å². The molecule has 2 atom stereocenters. The van der Waals surface area contributed by atoms with Crippen LogP contribution >= 0.6 is 0 Å². The summed E-state index contributed by atoms with van der Waals surface area (Å²) in [4.78, 5) is 55.1. The zero-order valence-corrected chi connectivity index (χ0v) is 20.7. The van der Waals surface area contributed by atoms with Crippen LogP contribution in [0.4, 0.5) is 0 Å². The average molecular weight is 515 g/mol. The van der Waals surface area contributed by atoms with Crippen LogP contribution in [-0.4, -0.2) is 47.2 Å². The molecule has 2 fully saturated rings. The molecule has 2 aliphatic carbocycles. The van der Waals surface area contributed by atoms with Gasteiger partial charge in [-0.3, -0.25) is 19.2 Å². The van der Waals surface area contributed by atoms with Gasteiger partial charge in [-0.25, -0.2) is 4.79 Å². The van der Waals surface area contributed by atoms with Crippen LogP contribution in [-0.2, 0) is 33.5 Å². The van der Waals surface area contributed by atoms with Crippen LogP contribution in [0.5, 0.6) is 0 Å². The number of hydrogen-bond acceptors (Lipinski definition) is 7. The molecule has 0 bridgehead atoms. The summed E-state index contributed by atoms with van der Waals surface area (Å²) in [5.74, 6) is -2.71. The number of hydroxylamine groups is 2. The highest BCUT2D eigenvalue weighted by Crippen LogP contribution is 2.37. The third-order valence-corrected chi connectivity index (χ3v) is 6.49. The summed E-state index contributed by atoms with van der Waals surface area (Å²) in [6, 6.07) is 25.7. The highest BCUT2D eigenvalue weighted by molar-refractivity contribution is 5.94. The maximum absolute atomic E-state index is 13.5. The first-order chi connectivity index (χ1) is 18.4. The number of carbonyl (C=O) groups is 4. The van der Waals surface area contributed by atoms with E-state index in [0.717, 1.165) is 5.06 Å². The van der Waals surface area contributed by atoms with E-state index in [9.17, 15) is 19.2 Å². The van der Waals surface area contributed by atoms with Crippen LogP contribution < -0.4 is 5.32 Å². The van der Waals surface area contributed by atoms with Crippen LogP contribution in [0.15, 0.2) is 84.9 Å². The van der Waals surface area contributed by atoms with Crippen molar-refractivity contribution >= 4 is 23.8 Å². The third-order valence-electron chi connectivity index (χ3n) is 6.49. The summed E-state index contributed by atoms with van der Waals surface area (Å²) >= 11 is 0. The first kappa shape index (κ1) is 25.2. The number of hydrogen-bond donors (Lipinski definition) is 1. The summed E-state index contributed by atoms with van der Waals surface area (Å²) < 4.78 is 11.2. The molecule has 2 aromatic rings. The number of cyclic esters (lactones) is 1. The molecule has 4 aliphatic rings. The van der Waals surface area contributed by atoms with Gasteiger partial charge in [-0.15, -0.1) is 0 Å². The molecule has 1 unspecified atom stereocenters. The van der Waals surface area contributed by atoms with Crippen molar-refractivity contribution in [3.63, 3.8) is 0 Å². The first-order valence-corrected chi connectivity index (χ1v) is 12.2. The molecular weight excluding hydrogens is 488 g/mol. The standard InChI is InChI=1S/C23H22N2O7.C6H4/c1-15(26)24-18-14-30-25(21(18)28)23(13-12-19(27)32-23)22(29)31-20(16-8-4-2-5-9-16)17-10-6-3-7-11-17;1-2-6-4-3-5(1)6/h2-11,18,20H,12-14H2,1H3,(H,24,26);1-4H/t18-,23?;/m0./s1. The number of rotatable bonds is 6. The van der Waals surface area contributed by atoms with Crippen molar-refractivity contribution in [1.82, 2.24) is 10.4 Å². The van der Waals surface area contributed by atoms with E-state index in [1.165, 1.54) is 18.1 Å². The Bertz CT molecular complexity index is 1280. The van der Waals surface area contributed by atoms with Gasteiger partial charge in [0, 0.05) is 13.3 Å². The van der Waals surface area contributed by atoms with Crippen molar-refractivity contribution in [3.8, 4) is 11.1 Å². The van der Waals surface area contributed by atoms with Crippen molar-refractivity contribution in [2.24, 2.45) is 0 Å². The van der Waals surface area contributed by atoms with Gasteiger partial charge in [-0.2, -0.15) is 5.06 Å². The molecule has 2 aromatic carbocycles. The largest absolute Gasteiger partial charge is 0.448 e. The van der Waals surface area contributed by atoms with Gasteiger partial charge in [0.15, 0.2) is 6.10 Å². The lowest BCUT2D eigenvalue weighted by Crippen LogP contribution is -2.57. The number of nitrogens with one attached hydrogen (secondary N) is 1. The lowest BCUT2D eigenvalue weighted by Gasteiger charge is -2.34. The number of esters is 2. The zero-order valence-electron chi connectivity index (χ0n) is 20.7. The number of amides is 2. The Morgan fingerprint density at radius 1 is 0.921 bits per heavy atom. The molecule has 2 amide bonds. The van der Waals surface area contributed by atoms with Gasteiger partial charge >= 0.3 is 17.7 Å². The Balaban J connectivity index is 0.000000424. The first-order valence-electron chi connectivity index (χ1n) is 12.2. The second-order valence-electron chi connectivity index (χ2n) is 9.12. The minimum atomic E-state index is -2.07. The van der Waals surface area contributed by atoms with E-state index in [0.29, 0.717) is 11.1 Å². The number of nitrogens with zero attached hydrogens (tertiary/aromatic N) is 1.